The highest BCUT2D eigenvalue weighted by Gasteiger charge is 2.06. The van der Waals surface area contributed by atoms with Crippen LogP contribution in [0.15, 0.2) is 48.5 Å². The Labute approximate surface area is 128 Å². The minimum atomic E-state index is -0.0988. The van der Waals surface area contributed by atoms with Crippen LogP contribution in [0.25, 0.3) is 0 Å². The molecule has 5 heteroatoms. The van der Waals surface area contributed by atoms with Crippen LogP contribution in [0.2, 0.25) is 5.02 Å². The third-order valence-electron chi connectivity index (χ3n) is 2.83. The number of benzene rings is 2. The van der Waals surface area contributed by atoms with E-state index in [0.717, 1.165) is 5.75 Å². The fraction of sp³-hybridized carbons (Fsp3) is 0.188. The lowest BCUT2D eigenvalue weighted by atomic mass is 10.2. The van der Waals surface area contributed by atoms with Crippen LogP contribution in [0.5, 0.6) is 5.75 Å². The summed E-state index contributed by atoms with van der Waals surface area (Å²) in [5.41, 5.74) is 6.73. The highest BCUT2D eigenvalue weighted by Crippen LogP contribution is 2.24. The average Bonchev–Trinajstić information content (AvgIpc) is 2.48. The number of hydrogen-bond acceptors (Lipinski definition) is 3. The van der Waals surface area contributed by atoms with Crippen LogP contribution in [0.3, 0.4) is 0 Å². The van der Waals surface area contributed by atoms with E-state index in [-0.39, 0.29) is 5.91 Å². The summed E-state index contributed by atoms with van der Waals surface area (Å²) in [7, 11) is 0. The zero-order valence-electron chi connectivity index (χ0n) is 11.5. The van der Waals surface area contributed by atoms with Gasteiger partial charge >= 0.3 is 0 Å². The molecular formula is C16H17ClN2O2. The second-order valence-corrected chi connectivity index (χ2v) is 4.96. The molecular weight excluding hydrogens is 288 g/mol. The number of ether oxygens (including phenoxy) is 1. The molecule has 2 aromatic rings. The fourth-order valence-corrected chi connectivity index (χ4v) is 2.02. The van der Waals surface area contributed by atoms with Gasteiger partial charge in [-0.3, -0.25) is 4.79 Å². The maximum atomic E-state index is 11.8. The smallest absolute Gasteiger partial charge is 0.224 e. The summed E-state index contributed by atoms with van der Waals surface area (Å²) in [5.74, 6) is 0.706. The minimum absolute atomic E-state index is 0.0988. The lowest BCUT2D eigenvalue weighted by Crippen LogP contribution is -2.13. The number of halogens is 1. The van der Waals surface area contributed by atoms with Gasteiger partial charge in [-0.1, -0.05) is 29.8 Å². The molecule has 110 valence electrons. The van der Waals surface area contributed by atoms with Crippen molar-refractivity contribution in [2.45, 2.75) is 12.8 Å². The van der Waals surface area contributed by atoms with Gasteiger partial charge in [-0.25, -0.2) is 0 Å². The van der Waals surface area contributed by atoms with E-state index in [1.54, 1.807) is 18.2 Å². The third-order valence-corrected chi connectivity index (χ3v) is 3.14. The second-order valence-electron chi connectivity index (χ2n) is 4.55. The quantitative estimate of drug-likeness (QED) is 0.631. The van der Waals surface area contributed by atoms with Gasteiger partial charge in [0.15, 0.2) is 0 Å². The van der Waals surface area contributed by atoms with E-state index in [2.05, 4.69) is 5.32 Å². The van der Waals surface area contributed by atoms with Crippen LogP contribution in [-0.2, 0) is 4.79 Å². The summed E-state index contributed by atoms with van der Waals surface area (Å²) < 4.78 is 5.52. The Morgan fingerprint density at radius 2 is 1.95 bits per heavy atom. The van der Waals surface area contributed by atoms with Gasteiger partial charge in [0, 0.05) is 12.1 Å². The third kappa shape index (κ3) is 5.00. The molecule has 4 nitrogen and oxygen atoms in total. The van der Waals surface area contributed by atoms with E-state index < -0.39 is 0 Å². The largest absolute Gasteiger partial charge is 0.494 e. The van der Waals surface area contributed by atoms with E-state index in [1.807, 2.05) is 30.3 Å². The van der Waals surface area contributed by atoms with Gasteiger partial charge in [-0.05, 0) is 36.8 Å². The van der Waals surface area contributed by atoms with Crippen molar-refractivity contribution in [1.29, 1.82) is 0 Å². The summed E-state index contributed by atoms with van der Waals surface area (Å²) in [5, 5.41) is 3.19. The first-order valence-corrected chi connectivity index (χ1v) is 7.05. The minimum Gasteiger partial charge on any atom is -0.494 e. The molecule has 1 amide bonds. The summed E-state index contributed by atoms with van der Waals surface area (Å²) in [6.45, 7) is 0.493. The van der Waals surface area contributed by atoms with E-state index in [4.69, 9.17) is 22.1 Å². The summed E-state index contributed by atoms with van der Waals surface area (Å²) in [4.78, 5) is 11.8. The summed E-state index contributed by atoms with van der Waals surface area (Å²) >= 11 is 6.00. The van der Waals surface area contributed by atoms with Gasteiger partial charge in [0.1, 0.15) is 5.75 Å². The number of nitrogens with one attached hydrogen (secondary N) is 1. The molecule has 0 heterocycles. The average molecular weight is 305 g/mol. The van der Waals surface area contributed by atoms with Crippen molar-refractivity contribution in [3.63, 3.8) is 0 Å². The number of anilines is 2. The Morgan fingerprint density at radius 3 is 2.67 bits per heavy atom. The molecule has 0 fully saturated rings. The summed E-state index contributed by atoms with van der Waals surface area (Å²) in [6, 6.07) is 14.5. The predicted octanol–water partition coefficient (Wildman–Crippen LogP) is 3.72. The SMILES string of the molecule is Nc1ccc(NC(=O)CCCOc2ccccc2)c(Cl)c1. The molecule has 0 saturated carbocycles. The molecule has 0 unspecified atom stereocenters. The van der Waals surface area contributed by atoms with Crippen LogP contribution in [0.4, 0.5) is 11.4 Å². The Bertz CT molecular complexity index is 602. The van der Waals surface area contributed by atoms with Gasteiger partial charge in [-0.15, -0.1) is 0 Å². The number of nitrogen functional groups attached to an aromatic ring is 1. The van der Waals surface area contributed by atoms with E-state index in [9.17, 15) is 4.79 Å². The molecule has 0 saturated heterocycles. The van der Waals surface area contributed by atoms with Gasteiger partial charge in [0.25, 0.3) is 0 Å². The Hall–Kier alpha value is -2.20. The number of para-hydroxylation sites is 1. The Kier molecular flexibility index (Phi) is 5.46. The van der Waals surface area contributed by atoms with Crippen LogP contribution < -0.4 is 15.8 Å². The number of carbonyl (C=O) groups excluding carboxylic acids is 1. The van der Waals surface area contributed by atoms with Crippen LogP contribution >= 0.6 is 11.6 Å². The predicted molar refractivity (Wildman–Crippen MR) is 85.7 cm³/mol. The van der Waals surface area contributed by atoms with Crippen LogP contribution in [0, 0.1) is 0 Å². The molecule has 0 aliphatic rings. The fourth-order valence-electron chi connectivity index (χ4n) is 1.78. The van der Waals surface area contributed by atoms with Crippen molar-refractivity contribution >= 4 is 28.9 Å². The summed E-state index contributed by atoms with van der Waals surface area (Å²) in [6.07, 6.45) is 1.00. The topological polar surface area (TPSA) is 64.3 Å². The van der Waals surface area contributed by atoms with Gasteiger partial charge in [0.2, 0.25) is 5.91 Å². The van der Waals surface area contributed by atoms with Gasteiger partial charge < -0.3 is 15.8 Å². The first-order chi connectivity index (χ1) is 10.1. The second kappa shape index (κ2) is 7.55. The number of amides is 1. The zero-order valence-corrected chi connectivity index (χ0v) is 12.3. The Morgan fingerprint density at radius 1 is 1.19 bits per heavy atom. The van der Waals surface area contributed by atoms with Crippen molar-refractivity contribution in [1.82, 2.24) is 0 Å². The van der Waals surface area contributed by atoms with E-state index >= 15 is 0 Å². The van der Waals surface area contributed by atoms with Crippen molar-refractivity contribution in [2.75, 3.05) is 17.7 Å². The molecule has 2 aromatic carbocycles. The monoisotopic (exact) mass is 304 g/mol. The molecule has 0 aliphatic carbocycles. The molecule has 2 rings (SSSR count). The first kappa shape index (κ1) is 15.2. The van der Waals surface area contributed by atoms with E-state index in [0.29, 0.717) is 35.8 Å². The zero-order chi connectivity index (χ0) is 15.1. The highest BCUT2D eigenvalue weighted by molar-refractivity contribution is 6.34. The van der Waals surface area contributed by atoms with Crippen LogP contribution in [0.1, 0.15) is 12.8 Å². The molecule has 0 aliphatic heterocycles. The number of carbonyl (C=O) groups is 1. The molecule has 0 atom stereocenters. The van der Waals surface area contributed by atoms with Crippen LogP contribution in [-0.4, -0.2) is 12.5 Å². The standard InChI is InChI=1S/C16H17ClN2O2/c17-14-11-12(18)8-9-15(14)19-16(20)7-4-10-21-13-5-2-1-3-6-13/h1-3,5-6,8-9,11H,4,7,10,18H2,(H,19,20). The van der Waals surface area contributed by atoms with Gasteiger partial charge in [0.05, 0.1) is 17.3 Å². The number of rotatable bonds is 6. The molecule has 0 aromatic heterocycles. The maximum Gasteiger partial charge on any atom is 0.224 e. The molecule has 0 spiro atoms. The lowest BCUT2D eigenvalue weighted by Gasteiger charge is -2.08. The van der Waals surface area contributed by atoms with Gasteiger partial charge in [-0.2, -0.15) is 0 Å². The van der Waals surface area contributed by atoms with E-state index in [1.165, 1.54) is 0 Å². The lowest BCUT2D eigenvalue weighted by molar-refractivity contribution is -0.116. The van der Waals surface area contributed by atoms with Crippen molar-refractivity contribution in [3.8, 4) is 5.75 Å². The maximum absolute atomic E-state index is 11.8. The molecule has 0 bridgehead atoms. The van der Waals surface area contributed by atoms with Crippen molar-refractivity contribution < 1.29 is 9.53 Å². The van der Waals surface area contributed by atoms with Crippen molar-refractivity contribution in [3.05, 3.63) is 53.6 Å². The first-order valence-electron chi connectivity index (χ1n) is 6.68. The number of nitrogens with two attached hydrogens (primary N) is 1. The molecule has 0 radical (unpaired) electrons. The normalized spacial score (nSPS) is 10.1. The molecule has 21 heavy (non-hydrogen) atoms. The highest BCUT2D eigenvalue weighted by atomic mass is 35.5. The number of hydrogen-bond donors (Lipinski definition) is 2. The van der Waals surface area contributed by atoms with Crippen molar-refractivity contribution in [2.24, 2.45) is 0 Å². The molecule has 3 N–H and O–H groups in total. The Balaban J connectivity index is 1.72.